The van der Waals surface area contributed by atoms with Crippen LogP contribution in [-0.2, 0) is 19.1 Å². The van der Waals surface area contributed by atoms with Gasteiger partial charge < -0.3 is 14.8 Å². The van der Waals surface area contributed by atoms with E-state index in [-0.39, 0.29) is 16.6 Å². The monoisotopic (exact) mass is 421 g/mol. The predicted molar refractivity (Wildman–Crippen MR) is 107 cm³/mol. The Hall–Kier alpha value is -2.87. The van der Waals surface area contributed by atoms with Crippen molar-refractivity contribution in [2.45, 2.75) is 33.2 Å². The number of aromatic nitrogens is 2. The van der Waals surface area contributed by atoms with E-state index in [0.717, 1.165) is 0 Å². The van der Waals surface area contributed by atoms with Gasteiger partial charge in [-0.25, -0.2) is 14.3 Å². The molecule has 29 heavy (non-hydrogen) atoms. The lowest BCUT2D eigenvalue weighted by atomic mass is 9.99. The molecule has 0 aliphatic carbocycles. The lowest BCUT2D eigenvalue weighted by Gasteiger charge is -2.21. The number of aryl methyl sites for hydroxylation is 1. The molecule has 2 atom stereocenters. The first kappa shape index (κ1) is 22.4. The molecule has 1 N–H and O–H groups in total. The molecule has 1 amide bonds. The van der Waals surface area contributed by atoms with Gasteiger partial charge in [-0.2, -0.15) is 5.10 Å². The van der Waals surface area contributed by atoms with Crippen LogP contribution in [0.4, 0.5) is 0 Å². The van der Waals surface area contributed by atoms with Crippen molar-refractivity contribution in [2.24, 2.45) is 5.92 Å². The van der Waals surface area contributed by atoms with Gasteiger partial charge in [-0.1, -0.05) is 50.1 Å². The normalized spacial score (nSPS) is 12.7. The highest BCUT2D eigenvalue weighted by Gasteiger charge is 2.28. The number of rotatable bonds is 8. The second-order valence-corrected chi connectivity index (χ2v) is 6.89. The number of para-hydroxylation sites is 1. The molecule has 9 heteroatoms. The number of halogens is 1. The molecule has 0 aliphatic rings. The van der Waals surface area contributed by atoms with Gasteiger partial charge in [-0.05, 0) is 25.0 Å². The molecule has 0 aliphatic heterocycles. The molecule has 0 fully saturated rings. The smallest absolute Gasteiger partial charge is 0.343 e. The Balaban J connectivity index is 2.06. The number of hydrogen-bond acceptors (Lipinski definition) is 6. The lowest BCUT2D eigenvalue weighted by molar-refractivity contribution is -0.147. The molecule has 1 heterocycles. The van der Waals surface area contributed by atoms with Gasteiger partial charge in [-0.15, -0.1) is 0 Å². The van der Waals surface area contributed by atoms with Crippen molar-refractivity contribution in [1.82, 2.24) is 15.1 Å². The SMILES string of the molecule is CC[C@@H](C)[C@@H](NC(=O)COC(=O)c1c(C)nn(-c2ccccc2)c1Cl)C(=O)OC. The van der Waals surface area contributed by atoms with E-state index in [1.807, 2.05) is 32.0 Å². The maximum atomic E-state index is 12.5. The van der Waals surface area contributed by atoms with E-state index in [9.17, 15) is 14.4 Å². The van der Waals surface area contributed by atoms with Crippen LogP contribution in [0, 0.1) is 12.8 Å². The lowest BCUT2D eigenvalue weighted by Crippen LogP contribution is -2.47. The third-order valence-corrected chi connectivity index (χ3v) is 4.88. The van der Waals surface area contributed by atoms with E-state index < -0.39 is 30.5 Å². The number of nitrogens with one attached hydrogen (secondary N) is 1. The zero-order valence-electron chi connectivity index (χ0n) is 16.8. The minimum atomic E-state index is -0.817. The molecule has 0 unspecified atom stereocenters. The standard InChI is InChI=1S/C20H24ClN3O5/c1-5-12(2)17(20(27)28-4)22-15(25)11-29-19(26)16-13(3)23-24(18(16)21)14-9-7-6-8-10-14/h6-10,12,17H,5,11H2,1-4H3,(H,22,25)/t12-,17-/m1/s1. The molecule has 2 aromatic rings. The molecule has 0 saturated heterocycles. The number of ether oxygens (including phenoxy) is 2. The highest BCUT2D eigenvalue weighted by atomic mass is 35.5. The van der Waals surface area contributed by atoms with E-state index in [2.05, 4.69) is 10.4 Å². The number of hydrogen-bond donors (Lipinski definition) is 1. The Morgan fingerprint density at radius 3 is 2.48 bits per heavy atom. The quantitative estimate of drug-likeness (QED) is 0.658. The van der Waals surface area contributed by atoms with Crippen LogP contribution >= 0.6 is 11.6 Å². The fraction of sp³-hybridized carbons (Fsp3) is 0.400. The van der Waals surface area contributed by atoms with Crippen molar-refractivity contribution in [3.63, 3.8) is 0 Å². The van der Waals surface area contributed by atoms with Gasteiger partial charge in [0.1, 0.15) is 16.8 Å². The Morgan fingerprint density at radius 2 is 1.90 bits per heavy atom. The van der Waals surface area contributed by atoms with Gasteiger partial charge >= 0.3 is 11.9 Å². The molecule has 8 nitrogen and oxygen atoms in total. The van der Waals surface area contributed by atoms with Gasteiger partial charge in [0.2, 0.25) is 0 Å². The van der Waals surface area contributed by atoms with E-state index in [0.29, 0.717) is 17.8 Å². The molecule has 2 rings (SSSR count). The van der Waals surface area contributed by atoms with E-state index >= 15 is 0 Å². The fourth-order valence-electron chi connectivity index (χ4n) is 2.69. The summed E-state index contributed by atoms with van der Waals surface area (Å²) in [4.78, 5) is 36.5. The second kappa shape index (κ2) is 10.1. The molecular formula is C20H24ClN3O5. The predicted octanol–water partition coefficient (Wildman–Crippen LogP) is 2.69. The third-order valence-electron chi connectivity index (χ3n) is 4.53. The zero-order chi connectivity index (χ0) is 21.6. The average Bonchev–Trinajstić information content (AvgIpc) is 3.03. The maximum Gasteiger partial charge on any atom is 0.343 e. The van der Waals surface area contributed by atoms with Crippen molar-refractivity contribution < 1.29 is 23.9 Å². The summed E-state index contributed by atoms with van der Waals surface area (Å²) in [6.07, 6.45) is 0.660. The molecule has 156 valence electrons. The summed E-state index contributed by atoms with van der Waals surface area (Å²) in [6, 6.07) is 8.26. The zero-order valence-corrected chi connectivity index (χ0v) is 17.5. The van der Waals surface area contributed by atoms with Crippen LogP contribution in [-0.4, -0.2) is 47.4 Å². The van der Waals surface area contributed by atoms with Crippen LogP contribution in [0.2, 0.25) is 5.15 Å². The number of carbonyl (C=O) groups excluding carboxylic acids is 3. The van der Waals surface area contributed by atoms with Crippen molar-refractivity contribution in [2.75, 3.05) is 13.7 Å². The molecule has 0 bridgehead atoms. The van der Waals surface area contributed by atoms with Crippen LogP contribution in [0.1, 0.15) is 36.3 Å². The third kappa shape index (κ3) is 5.35. The average molecular weight is 422 g/mol. The van der Waals surface area contributed by atoms with E-state index in [1.54, 1.807) is 19.1 Å². The first-order valence-electron chi connectivity index (χ1n) is 9.14. The summed E-state index contributed by atoms with van der Waals surface area (Å²) in [7, 11) is 1.25. The van der Waals surface area contributed by atoms with Crippen LogP contribution in [0.3, 0.4) is 0 Å². The summed E-state index contributed by atoms with van der Waals surface area (Å²) < 4.78 is 11.2. The Kier molecular flexibility index (Phi) is 7.78. The number of esters is 2. The maximum absolute atomic E-state index is 12.5. The first-order valence-corrected chi connectivity index (χ1v) is 9.52. The van der Waals surface area contributed by atoms with Crippen LogP contribution < -0.4 is 5.32 Å². The number of nitrogens with zero attached hydrogens (tertiary/aromatic N) is 2. The largest absolute Gasteiger partial charge is 0.467 e. The van der Waals surface area contributed by atoms with Gasteiger partial charge in [-0.3, -0.25) is 4.79 Å². The molecule has 0 spiro atoms. The number of benzene rings is 1. The Labute approximate surface area is 174 Å². The molecule has 1 aromatic carbocycles. The van der Waals surface area contributed by atoms with Crippen LogP contribution in [0.5, 0.6) is 0 Å². The van der Waals surface area contributed by atoms with Gasteiger partial charge in [0.05, 0.1) is 18.5 Å². The topological polar surface area (TPSA) is 99.5 Å². The highest BCUT2D eigenvalue weighted by Crippen LogP contribution is 2.24. The van der Waals surface area contributed by atoms with Crippen molar-refractivity contribution in [1.29, 1.82) is 0 Å². The van der Waals surface area contributed by atoms with Gasteiger partial charge in [0.25, 0.3) is 5.91 Å². The van der Waals surface area contributed by atoms with Crippen molar-refractivity contribution >= 4 is 29.4 Å². The Bertz CT molecular complexity index is 882. The fourth-order valence-corrected chi connectivity index (χ4v) is 3.04. The summed E-state index contributed by atoms with van der Waals surface area (Å²) in [5.74, 6) is -2.08. The van der Waals surface area contributed by atoms with E-state index in [1.165, 1.54) is 11.8 Å². The summed E-state index contributed by atoms with van der Waals surface area (Å²) in [6.45, 7) is 4.77. The molecular weight excluding hydrogens is 398 g/mol. The summed E-state index contributed by atoms with van der Waals surface area (Å²) in [5.41, 5.74) is 1.14. The van der Waals surface area contributed by atoms with E-state index in [4.69, 9.17) is 21.1 Å². The van der Waals surface area contributed by atoms with Crippen LogP contribution in [0.15, 0.2) is 30.3 Å². The first-order chi connectivity index (χ1) is 13.8. The number of amides is 1. The number of carbonyl (C=O) groups is 3. The van der Waals surface area contributed by atoms with Gasteiger partial charge in [0, 0.05) is 0 Å². The van der Waals surface area contributed by atoms with Crippen LogP contribution in [0.25, 0.3) is 5.69 Å². The van der Waals surface area contributed by atoms with Gasteiger partial charge in [0.15, 0.2) is 6.61 Å². The van der Waals surface area contributed by atoms with Crippen molar-refractivity contribution in [3.05, 3.63) is 46.7 Å². The molecule has 0 radical (unpaired) electrons. The minimum Gasteiger partial charge on any atom is -0.467 e. The minimum absolute atomic E-state index is 0.0785. The summed E-state index contributed by atoms with van der Waals surface area (Å²) >= 11 is 6.32. The molecule has 1 aromatic heterocycles. The summed E-state index contributed by atoms with van der Waals surface area (Å²) in [5, 5.41) is 6.90. The van der Waals surface area contributed by atoms with Crippen molar-refractivity contribution in [3.8, 4) is 5.69 Å². The Morgan fingerprint density at radius 1 is 1.24 bits per heavy atom. The highest BCUT2D eigenvalue weighted by molar-refractivity contribution is 6.33. The number of methoxy groups -OCH3 is 1. The second-order valence-electron chi connectivity index (χ2n) is 6.53. The molecule has 0 saturated carbocycles.